The van der Waals surface area contributed by atoms with Crippen LogP contribution in [0.25, 0.3) is 6.08 Å². The summed E-state index contributed by atoms with van der Waals surface area (Å²) in [5, 5.41) is 2.31. The molecule has 1 saturated heterocycles. The van der Waals surface area contributed by atoms with Gasteiger partial charge in [-0.05, 0) is 94.0 Å². The molecule has 184 valence electrons. The number of nitrogens with one attached hydrogen (secondary N) is 1. The second kappa shape index (κ2) is 9.21. The number of urea groups is 1. The van der Waals surface area contributed by atoms with Crippen LogP contribution in [0.4, 0.5) is 16.2 Å². The molecule has 0 radical (unpaired) electrons. The molecule has 0 saturated carbocycles. The van der Waals surface area contributed by atoms with Gasteiger partial charge in [0.1, 0.15) is 11.3 Å². The SMILES string of the molecule is CCOc1cccc(N2C(=O)NC(=O)/C(=C/c3cc4c(cc3C)N(CC)C(C)(C)CC4C)C2=O)c1. The zero-order valence-corrected chi connectivity index (χ0v) is 21.3. The summed E-state index contributed by atoms with van der Waals surface area (Å²) in [6.45, 7) is 14.1. The molecule has 0 aromatic heterocycles. The number of carbonyl (C=O) groups excluding carboxylic acids is 3. The lowest BCUT2D eigenvalue weighted by atomic mass is 9.79. The topological polar surface area (TPSA) is 79.0 Å². The minimum Gasteiger partial charge on any atom is -0.494 e. The lowest BCUT2D eigenvalue weighted by Gasteiger charge is -2.47. The fourth-order valence-electron chi connectivity index (χ4n) is 5.33. The molecule has 35 heavy (non-hydrogen) atoms. The first-order chi connectivity index (χ1) is 16.6. The number of amides is 4. The standard InChI is InChI=1S/C28H33N3O4/c1-7-30-24-12-17(3)19(13-22(24)18(4)16-28(30,5)6)14-23-25(32)29-27(34)31(26(23)33)20-10-9-11-21(15-20)35-8-2/h9-15,18H,7-8,16H2,1-6H3,(H,29,32,34)/b23-14-. The number of aryl methyl sites for hydroxylation is 1. The van der Waals surface area contributed by atoms with E-state index in [2.05, 4.69) is 50.0 Å². The Morgan fingerprint density at radius 3 is 2.57 bits per heavy atom. The largest absolute Gasteiger partial charge is 0.494 e. The molecule has 7 nitrogen and oxygen atoms in total. The Labute approximate surface area is 206 Å². The molecule has 0 spiro atoms. The highest BCUT2D eigenvalue weighted by Crippen LogP contribution is 2.44. The van der Waals surface area contributed by atoms with Crippen LogP contribution in [-0.4, -0.2) is 36.5 Å². The van der Waals surface area contributed by atoms with Gasteiger partial charge in [0.2, 0.25) is 0 Å². The molecule has 0 bridgehead atoms. The summed E-state index contributed by atoms with van der Waals surface area (Å²) in [7, 11) is 0. The molecule has 2 heterocycles. The fraction of sp³-hybridized carbons (Fsp3) is 0.393. The Hall–Kier alpha value is -3.61. The van der Waals surface area contributed by atoms with Gasteiger partial charge in [-0.3, -0.25) is 14.9 Å². The van der Waals surface area contributed by atoms with Crippen molar-refractivity contribution >= 4 is 35.3 Å². The van der Waals surface area contributed by atoms with Gasteiger partial charge in [0, 0.05) is 23.8 Å². The van der Waals surface area contributed by atoms with Crippen LogP contribution in [0.1, 0.15) is 63.6 Å². The fourth-order valence-corrected chi connectivity index (χ4v) is 5.33. The van der Waals surface area contributed by atoms with Gasteiger partial charge in [0.25, 0.3) is 11.8 Å². The highest BCUT2D eigenvalue weighted by Gasteiger charge is 2.38. The molecule has 4 rings (SSSR count). The number of rotatable bonds is 5. The first-order valence-electron chi connectivity index (χ1n) is 12.1. The van der Waals surface area contributed by atoms with Crippen LogP contribution >= 0.6 is 0 Å². The van der Waals surface area contributed by atoms with Crippen molar-refractivity contribution in [2.45, 2.75) is 59.4 Å². The van der Waals surface area contributed by atoms with Gasteiger partial charge in [0.05, 0.1) is 12.3 Å². The van der Waals surface area contributed by atoms with Crippen molar-refractivity contribution in [2.75, 3.05) is 23.0 Å². The molecule has 2 aliphatic heterocycles. The average molecular weight is 476 g/mol. The predicted molar refractivity (Wildman–Crippen MR) is 138 cm³/mol. The Morgan fingerprint density at radius 2 is 1.89 bits per heavy atom. The smallest absolute Gasteiger partial charge is 0.335 e. The summed E-state index contributed by atoms with van der Waals surface area (Å²) in [5.41, 5.74) is 4.46. The van der Waals surface area contributed by atoms with E-state index in [1.807, 2.05) is 13.8 Å². The second-order valence-corrected chi connectivity index (χ2v) is 9.82. The van der Waals surface area contributed by atoms with Crippen LogP contribution in [0.5, 0.6) is 5.75 Å². The third-order valence-corrected chi connectivity index (χ3v) is 6.88. The van der Waals surface area contributed by atoms with E-state index < -0.39 is 17.8 Å². The maximum absolute atomic E-state index is 13.4. The Kier molecular flexibility index (Phi) is 6.45. The maximum Gasteiger partial charge on any atom is 0.335 e. The van der Waals surface area contributed by atoms with E-state index in [0.717, 1.165) is 29.0 Å². The molecule has 0 aliphatic carbocycles. The number of nitrogens with zero attached hydrogens (tertiary/aromatic N) is 2. The van der Waals surface area contributed by atoms with Crippen LogP contribution < -0.4 is 19.9 Å². The van der Waals surface area contributed by atoms with Gasteiger partial charge in [-0.2, -0.15) is 0 Å². The van der Waals surface area contributed by atoms with E-state index in [1.165, 1.54) is 11.3 Å². The highest BCUT2D eigenvalue weighted by atomic mass is 16.5. The number of barbiturate groups is 1. The van der Waals surface area contributed by atoms with E-state index in [1.54, 1.807) is 30.3 Å². The lowest BCUT2D eigenvalue weighted by Crippen LogP contribution is -2.54. The number of imide groups is 2. The minimum absolute atomic E-state index is 0.0453. The van der Waals surface area contributed by atoms with Gasteiger partial charge < -0.3 is 9.64 Å². The van der Waals surface area contributed by atoms with Crippen molar-refractivity contribution in [3.8, 4) is 5.75 Å². The van der Waals surface area contributed by atoms with Crippen molar-refractivity contribution in [2.24, 2.45) is 0 Å². The monoisotopic (exact) mass is 475 g/mol. The van der Waals surface area contributed by atoms with Gasteiger partial charge in [0.15, 0.2) is 0 Å². The first kappa shape index (κ1) is 24.5. The third-order valence-electron chi connectivity index (χ3n) is 6.88. The van der Waals surface area contributed by atoms with Gasteiger partial charge >= 0.3 is 6.03 Å². The number of benzene rings is 2. The number of hydrogen-bond donors (Lipinski definition) is 1. The molecule has 1 atom stereocenters. The van der Waals surface area contributed by atoms with Crippen molar-refractivity contribution in [1.29, 1.82) is 0 Å². The molecule has 1 fully saturated rings. The van der Waals surface area contributed by atoms with Crippen LogP contribution in [-0.2, 0) is 9.59 Å². The molecular weight excluding hydrogens is 442 g/mol. The van der Waals surface area contributed by atoms with Gasteiger partial charge in [-0.1, -0.05) is 13.0 Å². The molecule has 4 amide bonds. The summed E-state index contributed by atoms with van der Waals surface area (Å²) < 4.78 is 5.51. The number of carbonyl (C=O) groups is 3. The van der Waals surface area contributed by atoms with Crippen LogP contribution in [0, 0.1) is 6.92 Å². The maximum atomic E-state index is 13.4. The Bertz CT molecular complexity index is 1230. The van der Waals surface area contributed by atoms with Gasteiger partial charge in [-0.25, -0.2) is 9.69 Å². The zero-order valence-electron chi connectivity index (χ0n) is 21.3. The molecule has 2 aliphatic rings. The normalized spacial score (nSPS) is 20.7. The zero-order chi connectivity index (χ0) is 25.5. The van der Waals surface area contributed by atoms with E-state index in [4.69, 9.17) is 4.74 Å². The van der Waals surface area contributed by atoms with Crippen LogP contribution in [0.15, 0.2) is 42.0 Å². The number of hydrogen-bond acceptors (Lipinski definition) is 5. The van der Waals surface area contributed by atoms with Gasteiger partial charge in [-0.15, -0.1) is 0 Å². The minimum atomic E-state index is -0.776. The Morgan fingerprint density at radius 1 is 1.14 bits per heavy atom. The van der Waals surface area contributed by atoms with Crippen molar-refractivity contribution in [1.82, 2.24) is 5.32 Å². The first-order valence-corrected chi connectivity index (χ1v) is 12.1. The molecule has 1 N–H and O–H groups in total. The predicted octanol–water partition coefficient (Wildman–Crippen LogP) is 5.17. The summed E-state index contributed by atoms with van der Waals surface area (Å²) in [5.74, 6) is -0.487. The van der Waals surface area contributed by atoms with Crippen LogP contribution in [0.3, 0.4) is 0 Å². The van der Waals surface area contributed by atoms with E-state index in [-0.39, 0.29) is 11.1 Å². The number of ether oxygens (including phenoxy) is 1. The Balaban J connectivity index is 1.76. The molecule has 7 heteroatoms. The van der Waals surface area contributed by atoms with E-state index in [9.17, 15) is 14.4 Å². The summed E-state index contributed by atoms with van der Waals surface area (Å²) >= 11 is 0. The summed E-state index contributed by atoms with van der Waals surface area (Å²) in [6, 6.07) is 10.2. The number of anilines is 2. The molecule has 1 unspecified atom stereocenters. The molecule has 2 aromatic carbocycles. The second-order valence-electron chi connectivity index (χ2n) is 9.82. The quantitative estimate of drug-likeness (QED) is 0.477. The molecule has 2 aromatic rings. The van der Waals surface area contributed by atoms with Crippen molar-refractivity contribution in [3.05, 3.63) is 58.7 Å². The van der Waals surface area contributed by atoms with Crippen molar-refractivity contribution < 1.29 is 19.1 Å². The lowest BCUT2D eigenvalue weighted by molar-refractivity contribution is -0.122. The van der Waals surface area contributed by atoms with E-state index in [0.29, 0.717) is 24.0 Å². The highest BCUT2D eigenvalue weighted by molar-refractivity contribution is 6.39. The third kappa shape index (κ3) is 4.43. The average Bonchev–Trinajstić information content (AvgIpc) is 2.77. The van der Waals surface area contributed by atoms with E-state index >= 15 is 0 Å². The van der Waals surface area contributed by atoms with Crippen molar-refractivity contribution in [3.63, 3.8) is 0 Å². The molecular formula is C28H33N3O4. The summed E-state index contributed by atoms with van der Waals surface area (Å²) in [4.78, 5) is 42.1. The van der Waals surface area contributed by atoms with Crippen LogP contribution in [0.2, 0.25) is 0 Å². The number of fused-ring (bicyclic) bond motifs is 1. The summed E-state index contributed by atoms with van der Waals surface area (Å²) in [6.07, 6.45) is 2.60.